The van der Waals surface area contributed by atoms with E-state index >= 15 is 0 Å². The zero-order valence-corrected chi connectivity index (χ0v) is 12.1. The number of ether oxygens (including phenoxy) is 2. The fourth-order valence-electron chi connectivity index (χ4n) is 1.26. The molecule has 1 rings (SSSR count). The van der Waals surface area contributed by atoms with Crippen molar-refractivity contribution in [2.75, 3.05) is 25.6 Å². The second-order valence-corrected chi connectivity index (χ2v) is 4.97. The second kappa shape index (κ2) is 7.21. The van der Waals surface area contributed by atoms with Crippen LogP contribution in [0.25, 0.3) is 0 Å². The van der Waals surface area contributed by atoms with Gasteiger partial charge in [0.15, 0.2) is 5.75 Å². The van der Waals surface area contributed by atoms with E-state index in [4.69, 9.17) is 22.1 Å². The number of benzene rings is 1. The summed E-state index contributed by atoms with van der Waals surface area (Å²) >= 11 is 9.01. The van der Waals surface area contributed by atoms with Crippen LogP contribution in [0.1, 0.15) is 6.42 Å². The third-order valence-electron chi connectivity index (χ3n) is 1.98. The van der Waals surface area contributed by atoms with Crippen molar-refractivity contribution in [2.45, 2.75) is 12.6 Å². The number of anilines is 1. The standard InChI is InChI=1S/C11H12BrClF3NO2/c12-8-4-7(13)5-9(17)10(8)19-3-1-2-18-6-11(14,15)16/h4-5H,1-3,6,17H2. The molecular weight excluding hydrogens is 350 g/mol. The van der Waals surface area contributed by atoms with E-state index in [0.717, 1.165) is 0 Å². The van der Waals surface area contributed by atoms with Gasteiger partial charge in [-0.05, 0) is 28.1 Å². The summed E-state index contributed by atoms with van der Waals surface area (Å²) in [5.41, 5.74) is 6.06. The molecule has 19 heavy (non-hydrogen) atoms. The molecule has 0 spiro atoms. The molecule has 108 valence electrons. The number of alkyl halides is 3. The number of hydrogen-bond acceptors (Lipinski definition) is 3. The maximum Gasteiger partial charge on any atom is 0.411 e. The van der Waals surface area contributed by atoms with Gasteiger partial charge in [-0.25, -0.2) is 0 Å². The minimum atomic E-state index is -4.30. The maximum atomic E-state index is 11.8. The van der Waals surface area contributed by atoms with Crippen LogP contribution in [0.3, 0.4) is 0 Å². The molecule has 1 aromatic carbocycles. The predicted molar refractivity (Wildman–Crippen MR) is 70.6 cm³/mol. The Morgan fingerprint density at radius 2 is 1.95 bits per heavy atom. The lowest BCUT2D eigenvalue weighted by Gasteiger charge is -2.12. The largest absolute Gasteiger partial charge is 0.490 e. The topological polar surface area (TPSA) is 44.5 Å². The summed E-state index contributed by atoms with van der Waals surface area (Å²) in [6.45, 7) is -1.09. The van der Waals surface area contributed by atoms with Crippen molar-refractivity contribution in [2.24, 2.45) is 0 Å². The summed E-state index contributed by atoms with van der Waals surface area (Å²) in [6, 6.07) is 3.15. The monoisotopic (exact) mass is 361 g/mol. The van der Waals surface area contributed by atoms with Crippen molar-refractivity contribution in [3.8, 4) is 5.75 Å². The third-order valence-corrected chi connectivity index (χ3v) is 2.79. The molecule has 0 unspecified atom stereocenters. The Balaban J connectivity index is 2.30. The van der Waals surface area contributed by atoms with E-state index in [9.17, 15) is 13.2 Å². The Morgan fingerprint density at radius 1 is 1.26 bits per heavy atom. The van der Waals surface area contributed by atoms with Crippen LogP contribution < -0.4 is 10.5 Å². The molecule has 0 atom stereocenters. The maximum absolute atomic E-state index is 11.8. The third kappa shape index (κ3) is 6.35. The van der Waals surface area contributed by atoms with Gasteiger partial charge in [-0.1, -0.05) is 11.6 Å². The van der Waals surface area contributed by atoms with Gasteiger partial charge in [0.2, 0.25) is 0 Å². The minimum absolute atomic E-state index is 0.0371. The Morgan fingerprint density at radius 3 is 2.53 bits per heavy atom. The van der Waals surface area contributed by atoms with E-state index in [2.05, 4.69) is 20.7 Å². The molecule has 0 radical (unpaired) electrons. The van der Waals surface area contributed by atoms with Crippen molar-refractivity contribution in [3.63, 3.8) is 0 Å². The van der Waals surface area contributed by atoms with Crippen LogP contribution in [0.15, 0.2) is 16.6 Å². The first-order valence-electron chi connectivity index (χ1n) is 5.31. The molecule has 2 N–H and O–H groups in total. The highest BCUT2D eigenvalue weighted by Gasteiger charge is 2.27. The van der Waals surface area contributed by atoms with Crippen molar-refractivity contribution in [1.29, 1.82) is 0 Å². The van der Waals surface area contributed by atoms with Gasteiger partial charge in [-0.15, -0.1) is 0 Å². The molecule has 3 nitrogen and oxygen atoms in total. The van der Waals surface area contributed by atoms with Crippen LogP contribution in [-0.4, -0.2) is 26.0 Å². The van der Waals surface area contributed by atoms with Gasteiger partial charge in [-0.2, -0.15) is 13.2 Å². The molecule has 0 aliphatic heterocycles. The summed E-state index contributed by atoms with van der Waals surface area (Å²) in [5, 5.41) is 0.463. The number of rotatable bonds is 6. The SMILES string of the molecule is Nc1cc(Cl)cc(Br)c1OCCCOCC(F)(F)F. The molecule has 0 saturated carbocycles. The smallest absolute Gasteiger partial charge is 0.411 e. The Bertz CT molecular complexity index is 406. The molecular formula is C11H12BrClF3NO2. The Labute approximate surface area is 121 Å². The lowest BCUT2D eigenvalue weighted by Crippen LogP contribution is -2.18. The molecule has 0 aliphatic carbocycles. The quantitative estimate of drug-likeness (QED) is 0.614. The molecule has 0 amide bonds. The predicted octanol–water partition coefficient (Wildman–Crippen LogP) is 4.03. The summed E-state index contributed by atoms with van der Waals surface area (Å²) in [7, 11) is 0. The van der Waals surface area contributed by atoms with Crippen LogP contribution in [-0.2, 0) is 4.74 Å². The van der Waals surface area contributed by atoms with Gasteiger partial charge in [0.05, 0.1) is 23.4 Å². The normalized spacial score (nSPS) is 11.6. The van der Waals surface area contributed by atoms with E-state index in [0.29, 0.717) is 27.4 Å². The van der Waals surface area contributed by atoms with Crippen LogP contribution in [0.2, 0.25) is 5.02 Å². The van der Waals surface area contributed by atoms with Crippen molar-refractivity contribution in [1.82, 2.24) is 0 Å². The van der Waals surface area contributed by atoms with E-state index in [1.807, 2.05) is 0 Å². The highest BCUT2D eigenvalue weighted by molar-refractivity contribution is 9.10. The zero-order chi connectivity index (χ0) is 14.5. The molecule has 8 heteroatoms. The first-order chi connectivity index (χ1) is 8.79. The molecule has 1 aromatic rings. The zero-order valence-electron chi connectivity index (χ0n) is 9.77. The van der Waals surface area contributed by atoms with Gasteiger partial charge in [-0.3, -0.25) is 0 Å². The van der Waals surface area contributed by atoms with Gasteiger partial charge in [0.25, 0.3) is 0 Å². The van der Waals surface area contributed by atoms with Crippen LogP contribution in [0.4, 0.5) is 18.9 Å². The van der Waals surface area contributed by atoms with E-state index in [1.54, 1.807) is 6.07 Å². The number of nitrogen functional groups attached to an aromatic ring is 1. The highest BCUT2D eigenvalue weighted by Crippen LogP contribution is 2.34. The van der Waals surface area contributed by atoms with Crippen LogP contribution in [0.5, 0.6) is 5.75 Å². The Kier molecular flexibility index (Phi) is 6.22. The first-order valence-corrected chi connectivity index (χ1v) is 6.48. The average Bonchev–Trinajstić information content (AvgIpc) is 2.24. The fraction of sp³-hybridized carbons (Fsp3) is 0.455. The first kappa shape index (κ1) is 16.4. The molecule has 0 aromatic heterocycles. The number of halogens is 5. The lowest BCUT2D eigenvalue weighted by molar-refractivity contribution is -0.174. The van der Waals surface area contributed by atoms with Crippen LogP contribution in [0, 0.1) is 0 Å². The Hall–Kier alpha value is -0.660. The molecule has 0 bridgehead atoms. The highest BCUT2D eigenvalue weighted by atomic mass is 79.9. The van der Waals surface area contributed by atoms with E-state index in [1.165, 1.54) is 6.07 Å². The summed E-state index contributed by atoms with van der Waals surface area (Å²) in [5.74, 6) is 0.417. The number of nitrogens with two attached hydrogens (primary N) is 1. The average molecular weight is 363 g/mol. The van der Waals surface area contributed by atoms with Crippen molar-refractivity contribution >= 4 is 33.2 Å². The number of hydrogen-bond donors (Lipinski definition) is 1. The summed E-state index contributed by atoms with van der Waals surface area (Å²) in [4.78, 5) is 0. The van der Waals surface area contributed by atoms with Crippen LogP contribution >= 0.6 is 27.5 Å². The summed E-state index contributed by atoms with van der Waals surface area (Å²) < 4.78 is 45.7. The van der Waals surface area contributed by atoms with Gasteiger partial charge < -0.3 is 15.2 Å². The molecule has 0 heterocycles. The minimum Gasteiger partial charge on any atom is -0.490 e. The summed E-state index contributed by atoms with van der Waals surface area (Å²) in [6.07, 6.45) is -3.98. The molecule has 0 fully saturated rings. The molecule has 0 aliphatic rings. The van der Waals surface area contributed by atoms with Gasteiger partial charge in [0.1, 0.15) is 6.61 Å². The lowest BCUT2D eigenvalue weighted by atomic mass is 10.3. The van der Waals surface area contributed by atoms with Gasteiger partial charge in [0, 0.05) is 11.4 Å². The molecule has 0 saturated heterocycles. The van der Waals surface area contributed by atoms with E-state index in [-0.39, 0.29) is 13.2 Å². The fourth-order valence-corrected chi connectivity index (χ4v) is 2.20. The van der Waals surface area contributed by atoms with Crippen molar-refractivity contribution in [3.05, 3.63) is 21.6 Å². The van der Waals surface area contributed by atoms with E-state index < -0.39 is 12.8 Å². The van der Waals surface area contributed by atoms with Crippen molar-refractivity contribution < 1.29 is 22.6 Å². The second-order valence-electron chi connectivity index (χ2n) is 3.68. The van der Waals surface area contributed by atoms with Gasteiger partial charge >= 0.3 is 6.18 Å².